The first-order valence-corrected chi connectivity index (χ1v) is 12.2. The van der Waals surface area contributed by atoms with Crippen LogP contribution in [0.1, 0.15) is 44.2 Å². The molecule has 2 aliphatic heterocycles. The smallest absolute Gasteiger partial charge is 0.191 e. The average molecular weight is 447 g/mol. The highest BCUT2D eigenvalue weighted by atomic mass is 16.5. The summed E-state index contributed by atoms with van der Waals surface area (Å²) in [7, 11) is 1.82. The summed E-state index contributed by atoms with van der Waals surface area (Å²) in [6.45, 7) is 12.2. The van der Waals surface area contributed by atoms with Gasteiger partial charge in [-0.3, -0.25) is 9.89 Å². The first-order chi connectivity index (χ1) is 15.6. The van der Waals surface area contributed by atoms with E-state index in [1.807, 2.05) is 7.05 Å². The summed E-state index contributed by atoms with van der Waals surface area (Å²) in [4.78, 5) is 6.86. The van der Waals surface area contributed by atoms with Crippen molar-refractivity contribution in [1.29, 1.82) is 0 Å². The molecule has 2 unspecified atom stereocenters. The van der Waals surface area contributed by atoms with E-state index in [9.17, 15) is 0 Å². The molecule has 180 valence electrons. The molecule has 32 heavy (non-hydrogen) atoms. The van der Waals surface area contributed by atoms with Crippen molar-refractivity contribution in [2.75, 3.05) is 53.1 Å². The average Bonchev–Trinajstić information content (AvgIpc) is 2.79. The number of hydrogen-bond acceptors (Lipinski definition) is 5. The van der Waals surface area contributed by atoms with Crippen LogP contribution in [0.2, 0.25) is 0 Å². The number of ether oxygens (including phenoxy) is 3. The van der Waals surface area contributed by atoms with Gasteiger partial charge in [-0.05, 0) is 50.2 Å². The molecule has 0 bridgehead atoms. The van der Waals surface area contributed by atoms with Crippen molar-refractivity contribution in [2.45, 2.75) is 58.4 Å². The third-order valence-corrected chi connectivity index (χ3v) is 6.13. The predicted octanol–water partition coefficient (Wildman–Crippen LogP) is 2.79. The van der Waals surface area contributed by atoms with E-state index >= 15 is 0 Å². The molecule has 0 spiro atoms. The van der Waals surface area contributed by atoms with E-state index in [1.165, 1.54) is 11.1 Å². The SMILES string of the molecule is CN=C(NCCCOCC1CCOCC1)NCc1ccccc1CN1CC(C)OC(C)C1. The molecule has 0 aromatic heterocycles. The highest BCUT2D eigenvalue weighted by Crippen LogP contribution is 2.17. The molecule has 2 saturated heterocycles. The Morgan fingerprint density at radius 3 is 2.53 bits per heavy atom. The molecule has 2 N–H and O–H groups in total. The van der Waals surface area contributed by atoms with Gasteiger partial charge in [0.25, 0.3) is 0 Å². The van der Waals surface area contributed by atoms with Gasteiger partial charge >= 0.3 is 0 Å². The fourth-order valence-corrected chi connectivity index (χ4v) is 4.48. The van der Waals surface area contributed by atoms with Crippen molar-refractivity contribution < 1.29 is 14.2 Å². The molecular formula is C25H42N4O3. The highest BCUT2D eigenvalue weighted by molar-refractivity contribution is 5.79. The van der Waals surface area contributed by atoms with Gasteiger partial charge in [0.1, 0.15) is 0 Å². The van der Waals surface area contributed by atoms with Crippen molar-refractivity contribution in [3.8, 4) is 0 Å². The summed E-state index contributed by atoms with van der Waals surface area (Å²) in [5.74, 6) is 1.49. The Kier molecular flexibility index (Phi) is 10.8. The molecule has 7 nitrogen and oxygen atoms in total. The minimum atomic E-state index is 0.285. The molecular weight excluding hydrogens is 404 g/mol. The van der Waals surface area contributed by atoms with Crippen LogP contribution in [0.4, 0.5) is 0 Å². The van der Waals surface area contributed by atoms with Crippen LogP contribution in [0, 0.1) is 5.92 Å². The second-order valence-electron chi connectivity index (χ2n) is 9.06. The highest BCUT2D eigenvalue weighted by Gasteiger charge is 2.22. The van der Waals surface area contributed by atoms with Crippen LogP contribution in [0.15, 0.2) is 29.3 Å². The number of benzene rings is 1. The van der Waals surface area contributed by atoms with Gasteiger partial charge in [0.15, 0.2) is 5.96 Å². The van der Waals surface area contributed by atoms with Crippen LogP contribution in [0.5, 0.6) is 0 Å². The van der Waals surface area contributed by atoms with Gasteiger partial charge in [0.2, 0.25) is 0 Å². The Morgan fingerprint density at radius 2 is 1.81 bits per heavy atom. The Morgan fingerprint density at radius 1 is 1.09 bits per heavy atom. The Bertz CT molecular complexity index is 684. The van der Waals surface area contributed by atoms with Gasteiger partial charge in [-0.1, -0.05) is 24.3 Å². The predicted molar refractivity (Wildman–Crippen MR) is 129 cm³/mol. The zero-order valence-corrected chi connectivity index (χ0v) is 20.1. The van der Waals surface area contributed by atoms with Gasteiger partial charge in [-0.25, -0.2) is 0 Å². The van der Waals surface area contributed by atoms with Crippen molar-refractivity contribution in [1.82, 2.24) is 15.5 Å². The summed E-state index contributed by atoms with van der Waals surface area (Å²) in [6.07, 6.45) is 3.79. The maximum absolute atomic E-state index is 5.88. The fraction of sp³-hybridized carbons (Fsp3) is 0.720. The standard InChI is InChI=1S/C25H42N4O3/c1-20-16-29(17-21(2)32-20)18-24-8-5-4-7-23(24)15-28-25(26-3)27-11-6-12-31-19-22-9-13-30-14-10-22/h4-5,7-8,20-22H,6,9-19H2,1-3H3,(H2,26,27,28). The molecule has 2 fully saturated rings. The molecule has 0 saturated carbocycles. The van der Waals surface area contributed by atoms with Crippen LogP contribution < -0.4 is 10.6 Å². The monoisotopic (exact) mass is 446 g/mol. The Balaban J connectivity index is 1.36. The van der Waals surface area contributed by atoms with Crippen molar-refractivity contribution in [2.24, 2.45) is 10.9 Å². The third kappa shape index (κ3) is 8.70. The topological polar surface area (TPSA) is 67.4 Å². The summed E-state index contributed by atoms with van der Waals surface area (Å²) >= 11 is 0. The number of guanidine groups is 1. The van der Waals surface area contributed by atoms with E-state index in [0.29, 0.717) is 5.92 Å². The molecule has 1 aromatic carbocycles. The second-order valence-corrected chi connectivity index (χ2v) is 9.06. The largest absolute Gasteiger partial charge is 0.381 e. The number of nitrogens with one attached hydrogen (secondary N) is 2. The lowest BCUT2D eigenvalue weighted by atomic mass is 10.0. The van der Waals surface area contributed by atoms with E-state index in [0.717, 1.165) is 84.4 Å². The zero-order chi connectivity index (χ0) is 22.6. The summed E-state index contributed by atoms with van der Waals surface area (Å²) in [5, 5.41) is 6.87. The van der Waals surface area contributed by atoms with Gasteiger partial charge in [-0.2, -0.15) is 0 Å². The molecule has 1 aromatic rings. The molecule has 2 atom stereocenters. The normalized spacial score (nSPS) is 23.3. The Hall–Kier alpha value is -1.67. The molecule has 0 amide bonds. The summed E-state index contributed by atoms with van der Waals surface area (Å²) in [6, 6.07) is 8.66. The first-order valence-electron chi connectivity index (χ1n) is 12.2. The fourth-order valence-electron chi connectivity index (χ4n) is 4.48. The van der Waals surface area contributed by atoms with Gasteiger partial charge in [-0.15, -0.1) is 0 Å². The van der Waals surface area contributed by atoms with E-state index in [1.54, 1.807) is 0 Å². The molecule has 0 aliphatic carbocycles. The lowest BCUT2D eigenvalue weighted by Crippen LogP contribution is -2.45. The van der Waals surface area contributed by atoms with Gasteiger partial charge in [0, 0.05) is 66.2 Å². The molecule has 2 aliphatic rings. The van der Waals surface area contributed by atoms with Crippen LogP contribution >= 0.6 is 0 Å². The maximum atomic E-state index is 5.88. The summed E-state index contributed by atoms with van der Waals surface area (Å²) < 4.78 is 17.1. The maximum Gasteiger partial charge on any atom is 0.191 e. The minimum absolute atomic E-state index is 0.285. The lowest BCUT2D eigenvalue weighted by Gasteiger charge is -2.35. The van der Waals surface area contributed by atoms with E-state index < -0.39 is 0 Å². The number of rotatable bonds is 10. The zero-order valence-electron chi connectivity index (χ0n) is 20.1. The van der Waals surface area contributed by atoms with E-state index in [2.05, 4.69) is 58.6 Å². The lowest BCUT2D eigenvalue weighted by molar-refractivity contribution is -0.0705. The van der Waals surface area contributed by atoms with Gasteiger partial charge in [0.05, 0.1) is 12.2 Å². The molecule has 3 rings (SSSR count). The van der Waals surface area contributed by atoms with Crippen molar-refractivity contribution >= 4 is 5.96 Å². The number of nitrogens with zero attached hydrogens (tertiary/aromatic N) is 2. The van der Waals surface area contributed by atoms with Crippen LogP contribution in [0.3, 0.4) is 0 Å². The summed E-state index contributed by atoms with van der Waals surface area (Å²) in [5.41, 5.74) is 2.67. The van der Waals surface area contributed by atoms with E-state index in [4.69, 9.17) is 14.2 Å². The van der Waals surface area contributed by atoms with Crippen LogP contribution in [-0.4, -0.2) is 76.2 Å². The second kappa shape index (κ2) is 13.8. The number of morpholine rings is 1. The Labute approximate surface area is 193 Å². The molecule has 2 heterocycles. The molecule has 0 radical (unpaired) electrons. The first kappa shape index (κ1) is 25.0. The van der Waals surface area contributed by atoms with Crippen LogP contribution in [-0.2, 0) is 27.3 Å². The minimum Gasteiger partial charge on any atom is -0.381 e. The number of aliphatic imine (C=N–C) groups is 1. The number of hydrogen-bond donors (Lipinski definition) is 2. The van der Waals surface area contributed by atoms with E-state index in [-0.39, 0.29) is 12.2 Å². The quantitative estimate of drug-likeness (QED) is 0.327. The van der Waals surface area contributed by atoms with Crippen molar-refractivity contribution in [3.63, 3.8) is 0 Å². The third-order valence-electron chi connectivity index (χ3n) is 6.13. The van der Waals surface area contributed by atoms with Gasteiger partial charge < -0.3 is 24.8 Å². The van der Waals surface area contributed by atoms with Crippen molar-refractivity contribution in [3.05, 3.63) is 35.4 Å². The van der Waals surface area contributed by atoms with Crippen LogP contribution in [0.25, 0.3) is 0 Å². The molecule has 7 heteroatoms.